The van der Waals surface area contributed by atoms with Gasteiger partial charge in [0.05, 0.1) is 31.1 Å². The number of fused-ring (bicyclic) bond motifs is 1. The van der Waals surface area contributed by atoms with Gasteiger partial charge in [-0.1, -0.05) is 0 Å². The van der Waals surface area contributed by atoms with Crippen molar-refractivity contribution in [1.29, 1.82) is 0 Å². The number of anilines is 1. The molecule has 0 radical (unpaired) electrons. The summed E-state index contributed by atoms with van der Waals surface area (Å²) < 4.78 is 9.35. The van der Waals surface area contributed by atoms with Crippen molar-refractivity contribution in [2.45, 2.75) is 19.9 Å². The van der Waals surface area contributed by atoms with Crippen LogP contribution in [0.25, 0.3) is 28.3 Å². The van der Waals surface area contributed by atoms with Gasteiger partial charge in [-0.2, -0.15) is 10.2 Å². The summed E-state index contributed by atoms with van der Waals surface area (Å²) in [6.45, 7) is 6.32. The normalized spacial score (nSPS) is 17.5. The Morgan fingerprint density at radius 1 is 1.25 bits per heavy atom. The van der Waals surface area contributed by atoms with E-state index < -0.39 is 0 Å². The van der Waals surface area contributed by atoms with Gasteiger partial charge in [0.1, 0.15) is 11.4 Å². The van der Waals surface area contributed by atoms with E-state index in [1.54, 1.807) is 6.20 Å². The Morgan fingerprint density at radius 3 is 2.86 bits per heavy atom. The van der Waals surface area contributed by atoms with Crippen LogP contribution in [-0.4, -0.2) is 60.4 Å². The van der Waals surface area contributed by atoms with Crippen LogP contribution in [0, 0.1) is 6.92 Å². The van der Waals surface area contributed by atoms with Gasteiger partial charge >= 0.3 is 0 Å². The lowest BCUT2D eigenvalue weighted by Crippen LogP contribution is -2.44. The standard InChI is InChI=1S/C19H22N8O/c1-12-8-15(23-22-12)17-10-20-19-14(16-4-5-21-25(16)3)9-18(24-27(17)19)26-6-7-28-11-13(26)2/h4-5,8-10,13H,6-7,11H2,1-3H3,(H,22,23). The van der Waals surface area contributed by atoms with Gasteiger partial charge in [0.2, 0.25) is 0 Å². The summed E-state index contributed by atoms with van der Waals surface area (Å²) in [7, 11) is 1.93. The summed E-state index contributed by atoms with van der Waals surface area (Å²) in [5.74, 6) is 0.894. The summed E-state index contributed by atoms with van der Waals surface area (Å²) in [4.78, 5) is 6.95. The van der Waals surface area contributed by atoms with E-state index in [4.69, 9.17) is 9.84 Å². The van der Waals surface area contributed by atoms with Crippen molar-refractivity contribution in [3.05, 3.63) is 36.3 Å². The first-order chi connectivity index (χ1) is 13.6. The number of rotatable bonds is 3. The molecule has 0 saturated carbocycles. The molecule has 9 heteroatoms. The van der Waals surface area contributed by atoms with E-state index in [2.05, 4.69) is 38.2 Å². The molecule has 4 aromatic rings. The zero-order valence-electron chi connectivity index (χ0n) is 16.1. The molecule has 9 nitrogen and oxygen atoms in total. The Morgan fingerprint density at radius 2 is 2.14 bits per heavy atom. The monoisotopic (exact) mass is 378 g/mol. The maximum Gasteiger partial charge on any atom is 0.163 e. The Balaban J connectivity index is 1.75. The molecular formula is C19H22N8O. The minimum atomic E-state index is 0.248. The fourth-order valence-corrected chi connectivity index (χ4v) is 3.71. The molecule has 1 fully saturated rings. The van der Waals surface area contributed by atoms with Gasteiger partial charge in [-0.3, -0.25) is 9.78 Å². The van der Waals surface area contributed by atoms with Crippen molar-refractivity contribution < 1.29 is 4.74 Å². The molecule has 5 rings (SSSR count). The maximum absolute atomic E-state index is 5.61. The number of morpholine rings is 1. The SMILES string of the molecule is Cc1cc(-c2cnc3c(-c4ccnn4C)cc(N4CCOCC4C)nn23)n[nH]1. The zero-order chi connectivity index (χ0) is 19.3. The van der Waals surface area contributed by atoms with Gasteiger partial charge in [0.25, 0.3) is 0 Å². The molecule has 0 spiro atoms. The highest BCUT2D eigenvalue weighted by molar-refractivity contribution is 5.79. The van der Waals surface area contributed by atoms with Crippen LogP contribution in [0.4, 0.5) is 5.82 Å². The van der Waals surface area contributed by atoms with Gasteiger partial charge in [-0.25, -0.2) is 9.50 Å². The van der Waals surface area contributed by atoms with E-state index in [1.165, 1.54) is 0 Å². The lowest BCUT2D eigenvalue weighted by Gasteiger charge is -2.34. The highest BCUT2D eigenvalue weighted by Crippen LogP contribution is 2.31. The predicted molar refractivity (Wildman–Crippen MR) is 105 cm³/mol. The molecule has 1 atom stereocenters. The van der Waals surface area contributed by atoms with Crippen molar-refractivity contribution in [1.82, 2.24) is 34.6 Å². The maximum atomic E-state index is 5.61. The molecule has 5 heterocycles. The molecule has 144 valence electrons. The van der Waals surface area contributed by atoms with E-state index in [0.717, 1.165) is 46.3 Å². The third-order valence-electron chi connectivity index (χ3n) is 5.18. The zero-order valence-corrected chi connectivity index (χ0v) is 16.1. The van der Waals surface area contributed by atoms with Crippen LogP contribution in [0.1, 0.15) is 12.6 Å². The molecule has 28 heavy (non-hydrogen) atoms. The van der Waals surface area contributed by atoms with Crippen molar-refractivity contribution in [2.75, 3.05) is 24.7 Å². The molecule has 0 bridgehead atoms. The first-order valence-electron chi connectivity index (χ1n) is 9.36. The lowest BCUT2D eigenvalue weighted by molar-refractivity contribution is 0.0984. The number of imidazole rings is 1. The smallest absolute Gasteiger partial charge is 0.163 e. The third-order valence-corrected chi connectivity index (χ3v) is 5.18. The van der Waals surface area contributed by atoms with Crippen LogP contribution in [0.2, 0.25) is 0 Å². The molecule has 1 saturated heterocycles. The number of hydrogen-bond acceptors (Lipinski definition) is 6. The lowest BCUT2D eigenvalue weighted by atomic mass is 10.2. The second-order valence-corrected chi connectivity index (χ2v) is 7.19. The van der Waals surface area contributed by atoms with Crippen LogP contribution < -0.4 is 4.90 Å². The number of aromatic amines is 1. The topological polar surface area (TPSA) is 89.2 Å². The third kappa shape index (κ3) is 2.66. The molecule has 1 unspecified atom stereocenters. The average molecular weight is 378 g/mol. The first-order valence-corrected chi connectivity index (χ1v) is 9.36. The minimum absolute atomic E-state index is 0.248. The number of nitrogens with one attached hydrogen (secondary N) is 1. The van der Waals surface area contributed by atoms with Crippen LogP contribution in [-0.2, 0) is 11.8 Å². The molecule has 0 aliphatic carbocycles. The fourth-order valence-electron chi connectivity index (χ4n) is 3.71. The van der Waals surface area contributed by atoms with Gasteiger partial charge in [-0.05, 0) is 32.0 Å². The molecule has 1 aliphatic rings. The quantitative estimate of drug-likeness (QED) is 0.587. The predicted octanol–water partition coefficient (Wildman–Crippen LogP) is 2.05. The summed E-state index contributed by atoms with van der Waals surface area (Å²) in [6.07, 6.45) is 3.62. The second-order valence-electron chi connectivity index (χ2n) is 7.19. The molecular weight excluding hydrogens is 356 g/mol. The van der Waals surface area contributed by atoms with Crippen LogP contribution in [0.5, 0.6) is 0 Å². The van der Waals surface area contributed by atoms with Gasteiger partial charge in [0.15, 0.2) is 11.5 Å². The second kappa shape index (κ2) is 6.45. The highest BCUT2D eigenvalue weighted by Gasteiger charge is 2.24. The first kappa shape index (κ1) is 16.9. The molecule has 4 aromatic heterocycles. The summed E-state index contributed by atoms with van der Waals surface area (Å²) in [5.41, 5.74) is 5.43. The largest absolute Gasteiger partial charge is 0.377 e. The number of nitrogens with zero attached hydrogens (tertiary/aromatic N) is 7. The number of H-pyrrole nitrogens is 1. The van der Waals surface area contributed by atoms with Gasteiger partial charge < -0.3 is 9.64 Å². The summed E-state index contributed by atoms with van der Waals surface area (Å²) >= 11 is 0. The van der Waals surface area contributed by atoms with E-state index in [-0.39, 0.29) is 6.04 Å². The van der Waals surface area contributed by atoms with Crippen molar-refractivity contribution in [3.63, 3.8) is 0 Å². The van der Waals surface area contributed by atoms with Crippen LogP contribution >= 0.6 is 0 Å². The Labute approximate surface area is 161 Å². The Kier molecular flexibility index (Phi) is 3.90. The highest BCUT2D eigenvalue weighted by atomic mass is 16.5. The van der Waals surface area contributed by atoms with Crippen molar-refractivity contribution >= 4 is 11.5 Å². The van der Waals surface area contributed by atoms with Crippen LogP contribution in [0.3, 0.4) is 0 Å². The van der Waals surface area contributed by atoms with Crippen molar-refractivity contribution in [2.24, 2.45) is 7.05 Å². The molecule has 0 amide bonds. The molecule has 0 aromatic carbocycles. The minimum Gasteiger partial charge on any atom is -0.377 e. The van der Waals surface area contributed by atoms with E-state index in [1.807, 2.05) is 41.5 Å². The number of ether oxygens (including phenoxy) is 1. The number of aryl methyl sites for hydroxylation is 2. The number of aromatic nitrogens is 7. The van der Waals surface area contributed by atoms with E-state index >= 15 is 0 Å². The number of hydrogen-bond donors (Lipinski definition) is 1. The Bertz CT molecular complexity index is 1140. The summed E-state index contributed by atoms with van der Waals surface area (Å²) in [5, 5.41) is 16.7. The van der Waals surface area contributed by atoms with Crippen molar-refractivity contribution in [3.8, 4) is 22.6 Å². The average Bonchev–Trinajstić information content (AvgIpc) is 3.41. The van der Waals surface area contributed by atoms with E-state index in [9.17, 15) is 0 Å². The summed E-state index contributed by atoms with van der Waals surface area (Å²) in [6, 6.07) is 6.34. The van der Waals surface area contributed by atoms with Gasteiger partial charge in [0, 0.05) is 31.0 Å². The fraction of sp³-hybridized carbons (Fsp3) is 0.368. The molecule has 1 N–H and O–H groups in total. The van der Waals surface area contributed by atoms with Gasteiger partial charge in [-0.15, -0.1) is 5.10 Å². The molecule has 1 aliphatic heterocycles. The Hall–Kier alpha value is -3.20. The van der Waals surface area contributed by atoms with E-state index in [0.29, 0.717) is 13.2 Å². The van der Waals surface area contributed by atoms with Crippen LogP contribution in [0.15, 0.2) is 30.6 Å².